The van der Waals surface area contributed by atoms with Gasteiger partial charge in [0.05, 0.1) is 12.4 Å². The van der Waals surface area contributed by atoms with Crippen LogP contribution in [0.3, 0.4) is 0 Å². The third-order valence-electron chi connectivity index (χ3n) is 2.02. The predicted octanol–water partition coefficient (Wildman–Crippen LogP) is 0.196. The lowest BCUT2D eigenvalue weighted by molar-refractivity contribution is -0.139. The summed E-state index contributed by atoms with van der Waals surface area (Å²) in [4.78, 5) is 10.8. The highest BCUT2D eigenvalue weighted by atomic mass is 32.2. The minimum atomic E-state index is -3.57. The monoisotopic (exact) mass is 253 g/mol. The SMILES string of the molecule is CCCC[C@H](NS(=O)(=O)CCOC)C(=O)O. The normalized spacial score (nSPS) is 13.6. The number of sulfonamides is 1. The van der Waals surface area contributed by atoms with Gasteiger partial charge < -0.3 is 9.84 Å². The van der Waals surface area contributed by atoms with Crippen LogP contribution < -0.4 is 4.72 Å². The molecule has 2 N–H and O–H groups in total. The number of hydrogen-bond donors (Lipinski definition) is 2. The van der Waals surface area contributed by atoms with E-state index in [4.69, 9.17) is 5.11 Å². The van der Waals surface area contributed by atoms with E-state index in [1.165, 1.54) is 7.11 Å². The quantitative estimate of drug-likeness (QED) is 0.612. The minimum absolute atomic E-state index is 0.0510. The third-order valence-corrected chi connectivity index (χ3v) is 3.37. The smallest absolute Gasteiger partial charge is 0.321 e. The molecule has 0 heterocycles. The fourth-order valence-electron chi connectivity index (χ4n) is 1.11. The van der Waals surface area contributed by atoms with Gasteiger partial charge in [0.25, 0.3) is 0 Å². The van der Waals surface area contributed by atoms with Gasteiger partial charge in [-0.3, -0.25) is 4.79 Å². The van der Waals surface area contributed by atoms with Crippen molar-refractivity contribution in [2.24, 2.45) is 0 Å². The number of rotatable bonds is 9. The van der Waals surface area contributed by atoms with Crippen molar-refractivity contribution in [1.82, 2.24) is 4.72 Å². The molecule has 0 radical (unpaired) electrons. The van der Waals surface area contributed by atoms with Crippen LogP contribution in [0.2, 0.25) is 0 Å². The van der Waals surface area contributed by atoms with E-state index in [-0.39, 0.29) is 12.4 Å². The van der Waals surface area contributed by atoms with E-state index in [1.807, 2.05) is 6.92 Å². The number of nitrogens with one attached hydrogen (secondary N) is 1. The summed E-state index contributed by atoms with van der Waals surface area (Å²) in [5.41, 5.74) is 0. The van der Waals surface area contributed by atoms with Crippen molar-refractivity contribution in [2.45, 2.75) is 32.2 Å². The van der Waals surface area contributed by atoms with E-state index in [0.717, 1.165) is 6.42 Å². The standard InChI is InChI=1S/C9H19NO5S/c1-3-4-5-8(9(11)12)10-16(13,14)7-6-15-2/h8,10H,3-7H2,1-2H3,(H,11,12)/t8-/m0/s1. The second-order valence-corrected chi connectivity index (χ2v) is 5.34. The van der Waals surface area contributed by atoms with Gasteiger partial charge in [-0.1, -0.05) is 19.8 Å². The number of methoxy groups -OCH3 is 1. The maximum Gasteiger partial charge on any atom is 0.321 e. The Hall–Kier alpha value is -0.660. The molecule has 16 heavy (non-hydrogen) atoms. The molecule has 0 unspecified atom stereocenters. The number of carboxylic acid groups (broad SMARTS) is 1. The van der Waals surface area contributed by atoms with Gasteiger partial charge in [0.15, 0.2) is 0 Å². The summed E-state index contributed by atoms with van der Waals surface area (Å²) in [5, 5.41) is 8.83. The first-order valence-electron chi connectivity index (χ1n) is 5.14. The van der Waals surface area contributed by atoms with E-state index >= 15 is 0 Å². The maximum absolute atomic E-state index is 11.4. The van der Waals surface area contributed by atoms with Crippen molar-refractivity contribution in [3.8, 4) is 0 Å². The predicted molar refractivity (Wildman–Crippen MR) is 59.7 cm³/mol. The molecule has 7 heteroatoms. The zero-order valence-corrected chi connectivity index (χ0v) is 10.4. The van der Waals surface area contributed by atoms with E-state index in [2.05, 4.69) is 9.46 Å². The molecule has 0 saturated heterocycles. The molecule has 0 bridgehead atoms. The fraction of sp³-hybridized carbons (Fsp3) is 0.889. The summed E-state index contributed by atoms with van der Waals surface area (Å²) >= 11 is 0. The summed E-state index contributed by atoms with van der Waals surface area (Å²) < 4.78 is 29.6. The lowest BCUT2D eigenvalue weighted by Gasteiger charge is -2.13. The molecular weight excluding hydrogens is 234 g/mol. The Balaban J connectivity index is 4.32. The molecule has 0 aliphatic rings. The lowest BCUT2D eigenvalue weighted by atomic mass is 10.1. The Morgan fingerprint density at radius 2 is 2.12 bits per heavy atom. The molecule has 0 saturated carbocycles. The zero-order chi connectivity index (χ0) is 12.6. The third kappa shape index (κ3) is 6.76. The summed E-state index contributed by atoms with van der Waals surface area (Å²) in [7, 11) is -2.18. The van der Waals surface area contributed by atoms with Gasteiger partial charge in [-0.15, -0.1) is 0 Å². The molecule has 0 aromatic heterocycles. The molecule has 0 aromatic carbocycles. The number of ether oxygens (including phenoxy) is 1. The zero-order valence-electron chi connectivity index (χ0n) is 9.60. The molecule has 0 rings (SSSR count). The Morgan fingerprint density at radius 1 is 1.50 bits per heavy atom. The van der Waals surface area contributed by atoms with Crippen molar-refractivity contribution in [3.63, 3.8) is 0 Å². The van der Waals surface area contributed by atoms with Gasteiger partial charge in [-0.25, -0.2) is 13.1 Å². The van der Waals surface area contributed by atoms with Crippen molar-refractivity contribution >= 4 is 16.0 Å². The first-order valence-corrected chi connectivity index (χ1v) is 6.80. The Labute approximate surface area is 96.0 Å². The number of unbranched alkanes of at least 4 members (excludes halogenated alkanes) is 1. The molecule has 1 atom stereocenters. The summed E-state index contributed by atoms with van der Waals surface area (Å²) in [5.74, 6) is -1.37. The van der Waals surface area contributed by atoms with Crippen LogP contribution in [-0.2, 0) is 19.6 Å². The second kappa shape index (κ2) is 7.59. The molecule has 0 aromatic rings. The molecular formula is C9H19NO5S. The first kappa shape index (κ1) is 15.3. The number of carbonyl (C=O) groups is 1. The number of aliphatic carboxylic acids is 1. The van der Waals surface area contributed by atoms with Gasteiger partial charge in [0, 0.05) is 7.11 Å². The van der Waals surface area contributed by atoms with Gasteiger partial charge >= 0.3 is 5.97 Å². The van der Waals surface area contributed by atoms with E-state index in [0.29, 0.717) is 12.8 Å². The van der Waals surface area contributed by atoms with Crippen molar-refractivity contribution < 1.29 is 23.1 Å². The summed E-state index contributed by atoms with van der Waals surface area (Å²) in [6.07, 6.45) is 1.80. The van der Waals surface area contributed by atoms with Crippen LogP contribution in [0.4, 0.5) is 0 Å². The molecule has 0 fully saturated rings. The van der Waals surface area contributed by atoms with Crippen LogP contribution in [0.5, 0.6) is 0 Å². The van der Waals surface area contributed by atoms with E-state index in [9.17, 15) is 13.2 Å². The van der Waals surface area contributed by atoms with Crippen LogP contribution in [0, 0.1) is 0 Å². The molecule has 0 amide bonds. The number of carboxylic acids is 1. The topological polar surface area (TPSA) is 92.7 Å². The molecule has 6 nitrogen and oxygen atoms in total. The Morgan fingerprint density at radius 3 is 2.56 bits per heavy atom. The van der Waals surface area contributed by atoms with Crippen molar-refractivity contribution in [3.05, 3.63) is 0 Å². The van der Waals surface area contributed by atoms with Crippen LogP contribution in [0.15, 0.2) is 0 Å². The highest BCUT2D eigenvalue weighted by Gasteiger charge is 2.22. The molecule has 96 valence electrons. The highest BCUT2D eigenvalue weighted by molar-refractivity contribution is 7.89. The minimum Gasteiger partial charge on any atom is -0.480 e. The highest BCUT2D eigenvalue weighted by Crippen LogP contribution is 2.02. The second-order valence-electron chi connectivity index (χ2n) is 3.46. The van der Waals surface area contributed by atoms with E-state index in [1.54, 1.807) is 0 Å². The number of hydrogen-bond acceptors (Lipinski definition) is 4. The van der Waals surface area contributed by atoms with Gasteiger partial charge in [-0.2, -0.15) is 0 Å². The summed E-state index contributed by atoms with van der Waals surface area (Å²) in [6, 6.07) is -1.04. The van der Waals surface area contributed by atoms with Gasteiger partial charge in [0.2, 0.25) is 10.0 Å². The largest absolute Gasteiger partial charge is 0.480 e. The molecule has 0 spiro atoms. The van der Waals surface area contributed by atoms with Crippen LogP contribution in [-0.4, -0.2) is 45.0 Å². The molecule has 0 aliphatic heterocycles. The Bertz CT molecular complexity index is 301. The average molecular weight is 253 g/mol. The van der Waals surface area contributed by atoms with Crippen molar-refractivity contribution in [2.75, 3.05) is 19.5 Å². The van der Waals surface area contributed by atoms with Crippen LogP contribution in [0.1, 0.15) is 26.2 Å². The lowest BCUT2D eigenvalue weighted by Crippen LogP contribution is -2.42. The van der Waals surface area contributed by atoms with E-state index < -0.39 is 22.0 Å². The average Bonchev–Trinajstić information content (AvgIpc) is 2.21. The van der Waals surface area contributed by atoms with Crippen LogP contribution >= 0.6 is 0 Å². The maximum atomic E-state index is 11.4. The first-order chi connectivity index (χ1) is 7.43. The van der Waals surface area contributed by atoms with Gasteiger partial charge in [0.1, 0.15) is 6.04 Å². The Kier molecular flexibility index (Phi) is 7.27. The fourth-order valence-corrected chi connectivity index (χ4v) is 2.27. The summed E-state index contributed by atoms with van der Waals surface area (Å²) in [6.45, 7) is 1.97. The van der Waals surface area contributed by atoms with Gasteiger partial charge in [-0.05, 0) is 6.42 Å². The van der Waals surface area contributed by atoms with Crippen LogP contribution in [0.25, 0.3) is 0 Å². The molecule has 0 aliphatic carbocycles. The van der Waals surface area contributed by atoms with Crippen molar-refractivity contribution in [1.29, 1.82) is 0 Å².